The summed E-state index contributed by atoms with van der Waals surface area (Å²) in [5.41, 5.74) is -0.120. The highest BCUT2D eigenvalue weighted by Crippen LogP contribution is 2.32. The first-order valence-electron chi connectivity index (χ1n) is 4.75. The highest BCUT2D eigenvalue weighted by Gasteiger charge is 2.30. The molecule has 0 aliphatic heterocycles. The van der Waals surface area contributed by atoms with E-state index < -0.39 is 5.97 Å². The molecule has 0 aromatic heterocycles. The summed E-state index contributed by atoms with van der Waals surface area (Å²) in [6.45, 7) is 7.77. The van der Waals surface area contributed by atoms with Crippen LogP contribution < -0.4 is 0 Å². The van der Waals surface area contributed by atoms with E-state index in [1.807, 2.05) is 26.8 Å². The van der Waals surface area contributed by atoms with Crippen LogP contribution in [0.3, 0.4) is 0 Å². The second kappa shape index (κ2) is 5.05. The molecule has 0 bridgehead atoms. The fourth-order valence-corrected chi connectivity index (χ4v) is 1.17. The van der Waals surface area contributed by atoms with Crippen molar-refractivity contribution in [3.63, 3.8) is 0 Å². The summed E-state index contributed by atoms with van der Waals surface area (Å²) >= 11 is 0. The Balaban J connectivity index is 4.13. The van der Waals surface area contributed by atoms with E-state index in [-0.39, 0.29) is 11.3 Å². The van der Waals surface area contributed by atoms with Crippen LogP contribution in [-0.4, -0.2) is 11.1 Å². The van der Waals surface area contributed by atoms with Gasteiger partial charge < -0.3 is 5.11 Å². The molecule has 0 amide bonds. The van der Waals surface area contributed by atoms with E-state index in [0.717, 1.165) is 12.8 Å². The lowest BCUT2D eigenvalue weighted by Gasteiger charge is -2.28. The molecule has 0 saturated heterocycles. The van der Waals surface area contributed by atoms with Gasteiger partial charge in [-0.15, -0.1) is 0 Å². The van der Waals surface area contributed by atoms with Crippen molar-refractivity contribution in [2.45, 2.75) is 40.5 Å². The van der Waals surface area contributed by atoms with Gasteiger partial charge in [0.25, 0.3) is 0 Å². The fraction of sp³-hybridized carbons (Fsp3) is 0.727. The van der Waals surface area contributed by atoms with Crippen LogP contribution in [-0.2, 0) is 4.79 Å². The van der Waals surface area contributed by atoms with E-state index in [4.69, 9.17) is 5.11 Å². The molecular weight excluding hydrogens is 164 g/mol. The Hall–Kier alpha value is -0.790. The lowest BCUT2D eigenvalue weighted by atomic mass is 9.76. The standard InChI is InChI=1S/C11H20O2/c1-5-6-7-8-11(3,4)9(2)10(12)13/h5-6,9H,7-8H2,1-4H3,(H,12,13)/b6-5+. The average Bonchev–Trinajstić information content (AvgIpc) is 2.03. The lowest BCUT2D eigenvalue weighted by molar-refractivity contribution is -0.145. The number of hydrogen-bond donors (Lipinski definition) is 1. The Labute approximate surface area is 80.7 Å². The zero-order valence-electron chi connectivity index (χ0n) is 9.00. The molecular formula is C11H20O2. The van der Waals surface area contributed by atoms with Gasteiger partial charge in [0, 0.05) is 0 Å². The molecule has 0 fully saturated rings. The maximum atomic E-state index is 10.8. The molecule has 13 heavy (non-hydrogen) atoms. The summed E-state index contributed by atoms with van der Waals surface area (Å²) < 4.78 is 0. The molecule has 0 aliphatic rings. The predicted molar refractivity (Wildman–Crippen MR) is 54.6 cm³/mol. The van der Waals surface area contributed by atoms with Crippen LogP contribution in [0.4, 0.5) is 0 Å². The minimum atomic E-state index is -0.703. The van der Waals surface area contributed by atoms with Crippen LogP contribution in [0.5, 0.6) is 0 Å². The summed E-state index contributed by atoms with van der Waals surface area (Å²) in [6, 6.07) is 0. The number of aliphatic carboxylic acids is 1. The van der Waals surface area contributed by atoms with Gasteiger partial charge in [-0.2, -0.15) is 0 Å². The molecule has 0 radical (unpaired) electrons. The van der Waals surface area contributed by atoms with Crippen LogP contribution in [0.25, 0.3) is 0 Å². The Morgan fingerprint density at radius 2 is 2.08 bits per heavy atom. The van der Waals surface area contributed by atoms with Gasteiger partial charge in [-0.1, -0.05) is 32.9 Å². The van der Waals surface area contributed by atoms with Gasteiger partial charge in [-0.25, -0.2) is 0 Å². The molecule has 2 heteroatoms. The summed E-state index contributed by atoms with van der Waals surface area (Å²) in [6.07, 6.45) is 5.96. The van der Waals surface area contributed by atoms with Crippen molar-refractivity contribution in [2.75, 3.05) is 0 Å². The van der Waals surface area contributed by atoms with E-state index in [1.54, 1.807) is 6.92 Å². The third-order valence-corrected chi connectivity index (χ3v) is 2.73. The number of carboxylic acids is 1. The van der Waals surface area contributed by atoms with Crippen LogP contribution in [0.1, 0.15) is 40.5 Å². The molecule has 0 heterocycles. The first kappa shape index (κ1) is 12.2. The van der Waals surface area contributed by atoms with Gasteiger partial charge in [0.1, 0.15) is 0 Å². The second-order valence-electron chi connectivity index (χ2n) is 4.16. The van der Waals surface area contributed by atoms with Crippen molar-refractivity contribution in [1.82, 2.24) is 0 Å². The fourth-order valence-electron chi connectivity index (χ4n) is 1.17. The molecule has 0 aliphatic carbocycles. The minimum absolute atomic E-state index is 0.120. The van der Waals surface area contributed by atoms with Crippen molar-refractivity contribution in [2.24, 2.45) is 11.3 Å². The van der Waals surface area contributed by atoms with E-state index >= 15 is 0 Å². The first-order chi connectivity index (χ1) is 5.91. The average molecular weight is 184 g/mol. The Morgan fingerprint density at radius 1 is 1.54 bits per heavy atom. The largest absolute Gasteiger partial charge is 0.481 e. The van der Waals surface area contributed by atoms with Crippen LogP contribution in [0.2, 0.25) is 0 Å². The van der Waals surface area contributed by atoms with E-state index in [2.05, 4.69) is 6.08 Å². The normalized spacial score (nSPS) is 14.8. The van der Waals surface area contributed by atoms with E-state index in [0.29, 0.717) is 0 Å². The summed E-state index contributed by atoms with van der Waals surface area (Å²) in [5, 5.41) is 8.86. The molecule has 1 unspecified atom stereocenters. The van der Waals surface area contributed by atoms with Crippen molar-refractivity contribution in [3.05, 3.63) is 12.2 Å². The van der Waals surface area contributed by atoms with Crippen molar-refractivity contribution in [3.8, 4) is 0 Å². The summed E-state index contributed by atoms with van der Waals surface area (Å²) in [4.78, 5) is 10.8. The van der Waals surface area contributed by atoms with Gasteiger partial charge in [0.15, 0.2) is 0 Å². The van der Waals surface area contributed by atoms with Gasteiger partial charge >= 0.3 is 5.97 Å². The highest BCUT2D eigenvalue weighted by atomic mass is 16.4. The number of allylic oxidation sites excluding steroid dienone is 2. The number of hydrogen-bond acceptors (Lipinski definition) is 1. The molecule has 76 valence electrons. The monoisotopic (exact) mass is 184 g/mol. The van der Waals surface area contributed by atoms with Gasteiger partial charge in [0.2, 0.25) is 0 Å². The van der Waals surface area contributed by atoms with Crippen molar-refractivity contribution < 1.29 is 9.90 Å². The lowest BCUT2D eigenvalue weighted by Crippen LogP contribution is -2.28. The van der Waals surface area contributed by atoms with Crippen molar-refractivity contribution in [1.29, 1.82) is 0 Å². The molecule has 0 rings (SSSR count). The third-order valence-electron chi connectivity index (χ3n) is 2.73. The maximum absolute atomic E-state index is 10.8. The Bertz CT molecular complexity index is 192. The highest BCUT2D eigenvalue weighted by molar-refractivity contribution is 5.70. The van der Waals surface area contributed by atoms with Crippen LogP contribution in [0.15, 0.2) is 12.2 Å². The number of carboxylic acid groups (broad SMARTS) is 1. The Kier molecular flexibility index (Phi) is 4.74. The van der Waals surface area contributed by atoms with Crippen LogP contribution in [0, 0.1) is 11.3 Å². The van der Waals surface area contributed by atoms with Gasteiger partial charge in [-0.05, 0) is 25.2 Å². The van der Waals surface area contributed by atoms with E-state index in [9.17, 15) is 4.79 Å². The molecule has 0 aromatic rings. The van der Waals surface area contributed by atoms with E-state index in [1.165, 1.54) is 0 Å². The number of rotatable bonds is 5. The molecule has 0 spiro atoms. The smallest absolute Gasteiger partial charge is 0.306 e. The topological polar surface area (TPSA) is 37.3 Å². The zero-order chi connectivity index (χ0) is 10.5. The molecule has 1 N–H and O–H groups in total. The van der Waals surface area contributed by atoms with Gasteiger partial charge in [0.05, 0.1) is 5.92 Å². The quantitative estimate of drug-likeness (QED) is 0.667. The SMILES string of the molecule is C/C=C/CCC(C)(C)C(C)C(=O)O. The summed E-state index contributed by atoms with van der Waals surface area (Å²) in [7, 11) is 0. The number of carbonyl (C=O) groups is 1. The Morgan fingerprint density at radius 3 is 2.46 bits per heavy atom. The third kappa shape index (κ3) is 4.11. The predicted octanol–water partition coefficient (Wildman–Crippen LogP) is 3.09. The molecule has 0 saturated carbocycles. The molecule has 0 aromatic carbocycles. The summed E-state index contributed by atoms with van der Waals surface area (Å²) in [5.74, 6) is -0.983. The first-order valence-corrected chi connectivity index (χ1v) is 4.75. The maximum Gasteiger partial charge on any atom is 0.306 e. The van der Waals surface area contributed by atoms with Crippen LogP contribution >= 0.6 is 0 Å². The van der Waals surface area contributed by atoms with Crippen molar-refractivity contribution >= 4 is 5.97 Å². The second-order valence-corrected chi connectivity index (χ2v) is 4.16. The zero-order valence-corrected chi connectivity index (χ0v) is 9.00. The molecule has 2 nitrogen and oxygen atoms in total. The minimum Gasteiger partial charge on any atom is -0.481 e. The van der Waals surface area contributed by atoms with Gasteiger partial charge in [-0.3, -0.25) is 4.79 Å². The molecule has 1 atom stereocenters.